The Morgan fingerprint density at radius 1 is 1.00 bits per heavy atom. The number of likely N-dealkylation sites (N-methyl/N-ethyl adjacent to an activating group) is 1. The van der Waals surface area contributed by atoms with Crippen molar-refractivity contribution in [3.8, 4) is 0 Å². The Balaban J connectivity index is 2.81. The van der Waals surface area contributed by atoms with Crippen LogP contribution in [-0.2, 0) is 5.41 Å². The van der Waals surface area contributed by atoms with Crippen LogP contribution >= 0.6 is 0 Å². The van der Waals surface area contributed by atoms with Gasteiger partial charge in [0.2, 0.25) is 0 Å². The third-order valence-corrected chi connectivity index (χ3v) is 2.80. The van der Waals surface area contributed by atoms with Crippen molar-refractivity contribution >= 4 is 5.69 Å². The summed E-state index contributed by atoms with van der Waals surface area (Å²) in [5.41, 5.74) is 1.99. The predicted octanol–water partition coefficient (Wildman–Crippen LogP) is 3.19. The molecule has 0 unspecified atom stereocenters. The average molecular weight is 235 g/mol. The number of hydrogen-bond donors (Lipinski definition) is 1. The number of nitrogens with zero attached hydrogens (tertiary/aromatic N) is 1. The average Bonchev–Trinajstić information content (AvgIpc) is 2.14. The standard InChI is InChI=1S/C15H25NO/c1-14(2,3)12-7-9-13(10-8-12)16(6)11-15(4,5)17/h7-10,17H,11H2,1-6H3. The first-order valence-electron chi connectivity index (χ1n) is 6.14. The van der Waals surface area contributed by atoms with E-state index in [0.29, 0.717) is 6.54 Å². The summed E-state index contributed by atoms with van der Waals surface area (Å²) >= 11 is 0. The highest BCUT2D eigenvalue weighted by Crippen LogP contribution is 2.25. The summed E-state index contributed by atoms with van der Waals surface area (Å²) in [5.74, 6) is 0. The molecule has 0 bridgehead atoms. The van der Waals surface area contributed by atoms with Crippen LogP contribution in [-0.4, -0.2) is 24.3 Å². The molecule has 0 saturated carbocycles. The molecule has 1 N–H and O–H groups in total. The molecule has 1 aromatic carbocycles. The highest BCUT2D eigenvalue weighted by molar-refractivity contribution is 5.48. The van der Waals surface area contributed by atoms with Crippen LogP contribution in [0.3, 0.4) is 0 Å². The van der Waals surface area contributed by atoms with Crippen molar-refractivity contribution in [3.05, 3.63) is 29.8 Å². The first-order chi connectivity index (χ1) is 7.59. The van der Waals surface area contributed by atoms with Crippen LogP contribution in [0.25, 0.3) is 0 Å². The van der Waals surface area contributed by atoms with Crippen LogP contribution in [0.15, 0.2) is 24.3 Å². The topological polar surface area (TPSA) is 23.5 Å². The minimum atomic E-state index is -0.669. The van der Waals surface area contributed by atoms with Gasteiger partial charge in [-0.2, -0.15) is 0 Å². The van der Waals surface area contributed by atoms with Gasteiger partial charge in [-0.05, 0) is 37.0 Å². The molecular formula is C15H25NO. The minimum absolute atomic E-state index is 0.188. The summed E-state index contributed by atoms with van der Waals surface area (Å²) in [6.07, 6.45) is 0. The van der Waals surface area contributed by atoms with E-state index in [2.05, 4.69) is 49.9 Å². The summed E-state index contributed by atoms with van der Waals surface area (Å²) in [4.78, 5) is 2.08. The van der Waals surface area contributed by atoms with Crippen molar-refractivity contribution < 1.29 is 5.11 Å². The number of aliphatic hydroxyl groups is 1. The number of rotatable bonds is 3. The maximum absolute atomic E-state index is 9.79. The Hall–Kier alpha value is -1.02. The Morgan fingerprint density at radius 3 is 1.82 bits per heavy atom. The third-order valence-electron chi connectivity index (χ3n) is 2.80. The molecular weight excluding hydrogens is 210 g/mol. The van der Waals surface area contributed by atoms with E-state index in [0.717, 1.165) is 5.69 Å². The lowest BCUT2D eigenvalue weighted by atomic mass is 9.87. The molecule has 1 aromatic rings. The fraction of sp³-hybridized carbons (Fsp3) is 0.600. The molecule has 0 aliphatic rings. The molecule has 2 heteroatoms. The van der Waals surface area contributed by atoms with E-state index in [1.165, 1.54) is 5.56 Å². The highest BCUT2D eigenvalue weighted by Gasteiger charge is 2.17. The second-order valence-corrected chi connectivity index (χ2v) is 6.47. The van der Waals surface area contributed by atoms with Gasteiger partial charge < -0.3 is 10.0 Å². The summed E-state index contributed by atoms with van der Waals surface area (Å²) in [5, 5.41) is 9.79. The number of anilines is 1. The Morgan fingerprint density at radius 2 is 1.47 bits per heavy atom. The zero-order chi connectivity index (χ0) is 13.3. The van der Waals surface area contributed by atoms with Gasteiger partial charge >= 0.3 is 0 Å². The molecule has 0 saturated heterocycles. The summed E-state index contributed by atoms with van der Waals surface area (Å²) in [7, 11) is 2.00. The third kappa shape index (κ3) is 4.39. The van der Waals surface area contributed by atoms with Crippen LogP contribution in [0.2, 0.25) is 0 Å². The Bertz CT molecular complexity index is 354. The molecule has 0 heterocycles. The molecule has 0 aliphatic heterocycles. The van der Waals surface area contributed by atoms with Crippen molar-refractivity contribution in [1.82, 2.24) is 0 Å². The van der Waals surface area contributed by atoms with E-state index in [9.17, 15) is 5.11 Å². The SMILES string of the molecule is CN(CC(C)(C)O)c1ccc(C(C)(C)C)cc1. The quantitative estimate of drug-likeness (QED) is 0.869. The normalized spacial score (nSPS) is 12.6. The van der Waals surface area contributed by atoms with Crippen LogP contribution in [0.5, 0.6) is 0 Å². The lowest BCUT2D eigenvalue weighted by Gasteiger charge is -2.28. The maximum atomic E-state index is 9.79. The van der Waals surface area contributed by atoms with Crippen molar-refractivity contribution in [2.24, 2.45) is 0 Å². The van der Waals surface area contributed by atoms with Gasteiger partial charge in [-0.25, -0.2) is 0 Å². The summed E-state index contributed by atoms with van der Waals surface area (Å²) in [6, 6.07) is 8.56. The molecule has 0 aromatic heterocycles. The van der Waals surface area contributed by atoms with Gasteiger partial charge in [-0.15, -0.1) is 0 Å². The predicted molar refractivity (Wildman–Crippen MR) is 74.7 cm³/mol. The smallest absolute Gasteiger partial charge is 0.0765 e. The van der Waals surface area contributed by atoms with E-state index in [4.69, 9.17) is 0 Å². The first kappa shape index (κ1) is 14.0. The van der Waals surface area contributed by atoms with Gasteiger partial charge in [0, 0.05) is 19.3 Å². The van der Waals surface area contributed by atoms with Crippen molar-refractivity contribution in [1.29, 1.82) is 0 Å². The lowest BCUT2D eigenvalue weighted by Crippen LogP contribution is -2.36. The summed E-state index contributed by atoms with van der Waals surface area (Å²) in [6.45, 7) is 10.9. The van der Waals surface area contributed by atoms with Crippen molar-refractivity contribution in [3.63, 3.8) is 0 Å². The Kier molecular flexibility index (Phi) is 3.88. The molecule has 0 radical (unpaired) electrons. The fourth-order valence-corrected chi connectivity index (χ4v) is 1.89. The maximum Gasteiger partial charge on any atom is 0.0765 e. The second kappa shape index (κ2) is 4.69. The van der Waals surface area contributed by atoms with E-state index < -0.39 is 5.60 Å². The van der Waals surface area contributed by atoms with Gasteiger partial charge in [-0.1, -0.05) is 32.9 Å². The molecule has 0 spiro atoms. The number of benzene rings is 1. The molecule has 0 atom stereocenters. The molecule has 0 fully saturated rings. The van der Waals surface area contributed by atoms with Gasteiger partial charge in [0.15, 0.2) is 0 Å². The van der Waals surface area contributed by atoms with E-state index >= 15 is 0 Å². The Labute approximate surface area is 105 Å². The molecule has 0 aliphatic carbocycles. The molecule has 2 nitrogen and oxygen atoms in total. The van der Waals surface area contributed by atoms with Gasteiger partial charge in [0.05, 0.1) is 5.60 Å². The zero-order valence-corrected chi connectivity index (χ0v) is 11.9. The van der Waals surface area contributed by atoms with Gasteiger partial charge in [0.25, 0.3) is 0 Å². The second-order valence-electron chi connectivity index (χ2n) is 6.47. The molecule has 96 valence electrons. The van der Waals surface area contributed by atoms with Crippen molar-refractivity contribution in [2.45, 2.75) is 45.6 Å². The molecule has 17 heavy (non-hydrogen) atoms. The van der Waals surface area contributed by atoms with E-state index in [-0.39, 0.29) is 5.41 Å². The van der Waals surface area contributed by atoms with E-state index in [1.54, 1.807) is 0 Å². The highest BCUT2D eigenvalue weighted by atomic mass is 16.3. The fourth-order valence-electron chi connectivity index (χ4n) is 1.89. The van der Waals surface area contributed by atoms with Gasteiger partial charge in [0.1, 0.15) is 0 Å². The van der Waals surface area contributed by atoms with Crippen LogP contribution in [0.4, 0.5) is 5.69 Å². The first-order valence-corrected chi connectivity index (χ1v) is 6.14. The van der Waals surface area contributed by atoms with Crippen molar-refractivity contribution in [2.75, 3.05) is 18.5 Å². The van der Waals surface area contributed by atoms with Crippen LogP contribution in [0.1, 0.15) is 40.2 Å². The van der Waals surface area contributed by atoms with E-state index in [1.807, 2.05) is 20.9 Å². The monoisotopic (exact) mass is 235 g/mol. The summed E-state index contributed by atoms with van der Waals surface area (Å²) < 4.78 is 0. The zero-order valence-electron chi connectivity index (χ0n) is 11.9. The van der Waals surface area contributed by atoms with Gasteiger partial charge in [-0.3, -0.25) is 0 Å². The largest absolute Gasteiger partial charge is 0.389 e. The lowest BCUT2D eigenvalue weighted by molar-refractivity contribution is 0.0886. The minimum Gasteiger partial charge on any atom is -0.389 e. The molecule has 1 rings (SSSR count). The van der Waals surface area contributed by atoms with Crippen LogP contribution in [0, 0.1) is 0 Å². The van der Waals surface area contributed by atoms with Crippen LogP contribution < -0.4 is 4.90 Å². The number of hydrogen-bond acceptors (Lipinski definition) is 2. The molecule has 0 amide bonds.